The molecule has 0 unspecified atom stereocenters. The van der Waals surface area contributed by atoms with E-state index in [1.807, 2.05) is 0 Å². The van der Waals surface area contributed by atoms with E-state index in [2.05, 4.69) is 21.1 Å². The van der Waals surface area contributed by atoms with Crippen molar-refractivity contribution < 1.29 is 23.9 Å². The van der Waals surface area contributed by atoms with Gasteiger partial charge in [-0.3, -0.25) is 9.59 Å². The maximum absolute atomic E-state index is 10.2. The molecule has 0 fully saturated rings. The molecule has 0 saturated heterocycles. The minimum atomic E-state index is -1.25. The number of esters is 2. The molecule has 0 saturated carbocycles. The summed E-state index contributed by atoms with van der Waals surface area (Å²) in [6, 6.07) is 0. The van der Waals surface area contributed by atoms with Gasteiger partial charge in [-0.05, 0) is 11.6 Å². The van der Waals surface area contributed by atoms with E-state index in [0.29, 0.717) is 0 Å². The summed E-state index contributed by atoms with van der Waals surface area (Å²) in [5.41, 5.74) is 0. The van der Waals surface area contributed by atoms with Gasteiger partial charge in [0.05, 0.1) is 0 Å². The molecular weight excluding hydrogens is 176 g/mol. The average Bonchev–Trinajstić information content (AvgIpc) is 1.86. The van der Waals surface area contributed by atoms with Gasteiger partial charge in [-0.15, -0.1) is 0 Å². The van der Waals surface area contributed by atoms with E-state index in [1.54, 1.807) is 0 Å². The van der Waals surface area contributed by atoms with E-state index in [9.17, 15) is 14.4 Å². The first-order valence-corrected chi connectivity index (χ1v) is 2.91. The first-order chi connectivity index (χ1) is 5.04. The smallest absolute Gasteiger partial charge is 0.394 e. The molecule has 0 bridgehead atoms. The molecule has 0 N–H and O–H groups in total. The fraction of sp³-hybridized carbons (Fsp3) is 0.400. The SMILES string of the molecule is CC(=O)OCOC(=O)C(=O)Cl. The maximum atomic E-state index is 10.2. The van der Waals surface area contributed by atoms with Gasteiger partial charge in [-0.2, -0.15) is 0 Å². The van der Waals surface area contributed by atoms with Crippen LogP contribution >= 0.6 is 11.6 Å². The molecule has 0 rings (SSSR count). The summed E-state index contributed by atoms with van der Waals surface area (Å²) in [7, 11) is 0. The first-order valence-electron chi connectivity index (χ1n) is 2.54. The third-order valence-electron chi connectivity index (χ3n) is 0.613. The normalized spacial score (nSPS) is 8.55. The Bertz CT molecular complexity index is 187. The number of carbonyl (C=O) groups is 3. The summed E-state index contributed by atoms with van der Waals surface area (Å²) in [6.07, 6.45) is 0. The molecule has 0 aliphatic carbocycles. The molecule has 62 valence electrons. The summed E-state index contributed by atoms with van der Waals surface area (Å²) >= 11 is 4.69. The molecule has 0 aromatic carbocycles. The maximum Gasteiger partial charge on any atom is 0.394 e. The van der Waals surface area contributed by atoms with E-state index in [4.69, 9.17) is 0 Å². The molecule has 0 spiro atoms. The Morgan fingerprint density at radius 2 is 1.82 bits per heavy atom. The molecule has 6 heteroatoms. The van der Waals surface area contributed by atoms with E-state index in [-0.39, 0.29) is 0 Å². The predicted octanol–water partition coefficient (Wildman–Crippen LogP) is -0.184. The number of hydrogen-bond donors (Lipinski definition) is 0. The molecule has 5 nitrogen and oxygen atoms in total. The van der Waals surface area contributed by atoms with Crippen LogP contribution in [0.5, 0.6) is 0 Å². The molecule has 0 aromatic heterocycles. The number of hydrogen-bond acceptors (Lipinski definition) is 5. The minimum Gasteiger partial charge on any atom is -0.428 e. The van der Waals surface area contributed by atoms with Crippen LogP contribution in [0, 0.1) is 0 Å². The summed E-state index contributed by atoms with van der Waals surface area (Å²) < 4.78 is 8.22. The number of carbonyl (C=O) groups excluding carboxylic acids is 3. The van der Waals surface area contributed by atoms with Crippen molar-refractivity contribution in [2.75, 3.05) is 6.79 Å². The standard InChI is InChI=1S/C5H5ClO5/c1-3(7)10-2-11-5(9)4(6)8/h2H2,1H3. The summed E-state index contributed by atoms with van der Waals surface area (Å²) in [4.78, 5) is 30.3. The first kappa shape index (κ1) is 9.90. The van der Waals surface area contributed by atoms with E-state index < -0.39 is 24.0 Å². The van der Waals surface area contributed by atoms with Crippen molar-refractivity contribution in [3.63, 3.8) is 0 Å². The second-order valence-corrected chi connectivity index (χ2v) is 1.80. The van der Waals surface area contributed by atoms with Gasteiger partial charge in [-0.1, -0.05) is 0 Å². The fourth-order valence-electron chi connectivity index (χ4n) is 0.223. The topological polar surface area (TPSA) is 69.7 Å². The number of ether oxygens (including phenoxy) is 2. The highest BCUT2D eigenvalue weighted by molar-refractivity contribution is 6.80. The highest BCUT2D eigenvalue weighted by Gasteiger charge is 2.11. The third-order valence-corrected chi connectivity index (χ3v) is 0.767. The Labute approximate surface area is 67.2 Å². The van der Waals surface area contributed by atoms with Crippen molar-refractivity contribution in [2.24, 2.45) is 0 Å². The highest BCUT2D eigenvalue weighted by atomic mass is 35.5. The zero-order valence-electron chi connectivity index (χ0n) is 5.63. The van der Waals surface area contributed by atoms with Gasteiger partial charge in [0.15, 0.2) is 0 Å². The monoisotopic (exact) mass is 180 g/mol. The molecule has 0 atom stereocenters. The Morgan fingerprint density at radius 3 is 2.18 bits per heavy atom. The Balaban J connectivity index is 3.47. The van der Waals surface area contributed by atoms with Crippen molar-refractivity contribution in [3.8, 4) is 0 Å². The Hall–Kier alpha value is -1.10. The average molecular weight is 181 g/mol. The quantitative estimate of drug-likeness (QED) is 0.261. The lowest BCUT2D eigenvalue weighted by Crippen LogP contribution is -2.15. The molecule has 0 aliphatic heterocycles. The zero-order valence-corrected chi connectivity index (χ0v) is 6.38. The second-order valence-electron chi connectivity index (χ2n) is 1.46. The molecule has 0 amide bonds. The van der Waals surface area contributed by atoms with Crippen LogP contribution in [-0.2, 0) is 23.9 Å². The molecule has 0 aliphatic rings. The van der Waals surface area contributed by atoms with Crippen LogP contribution in [0.3, 0.4) is 0 Å². The largest absolute Gasteiger partial charge is 0.428 e. The third kappa shape index (κ3) is 5.35. The van der Waals surface area contributed by atoms with Crippen molar-refractivity contribution in [2.45, 2.75) is 6.92 Å². The molecular formula is C5H5ClO5. The number of halogens is 1. The lowest BCUT2D eigenvalue weighted by Gasteiger charge is -1.99. The van der Waals surface area contributed by atoms with E-state index in [1.165, 1.54) is 0 Å². The van der Waals surface area contributed by atoms with Crippen LogP contribution in [0.25, 0.3) is 0 Å². The minimum absolute atomic E-state index is 0.591. The van der Waals surface area contributed by atoms with E-state index in [0.717, 1.165) is 6.92 Å². The lowest BCUT2D eigenvalue weighted by molar-refractivity contribution is -0.167. The summed E-state index contributed by atoms with van der Waals surface area (Å²) in [6.45, 7) is 0.545. The van der Waals surface area contributed by atoms with Crippen molar-refractivity contribution in [1.82, 2.24) is 0 Å². The highest BCUT2D eigenvalue weighted by Crippen LogP contribution is 1.86. The van der Waals surface area contributed by atoms with Crippen LogP contribution in [0.4, 0.5) is 0 Å². The van der Waals surface area contributed by atoms with Gasteiger partial charge in [-0.25, -0.2) is 4.79 Å². The Kier molecular flexibility index (Phi) is 4.21. The van der Waals surface area contributed by atoms with Crippen molar-refractivity contribution >= 4 is 28.8 Å². The molecule has 0 radical (unpaired) electrons. The van der Waals surface area contributed by atoms with Gasteiger partial charge in [0.2, 0.25) is 6.79 Å². The second kappa shape index (κ2) is 4.68. The van der Waals surface area contributed by atoms with Crippen molar-refractivity contribution in [1.29, 1.82) is 0 Å². The van der Waals surface area contributed by atoms with Crippen LogP contribution in [0.2, 0.25) is 0 Å². The van der Waals surface area contributed by atoms with Crippen molar-refractivity contribution in [3.05, 3.63) is 0 Å². The summed E-state index contributed by atoms with van der Waals surface area (Å²) in [5.74, 6) is -1.85. The molecule has 0 aromatic rings. The van der Waals surface area contributed by atoms with Gasteiger partial charge < -0.3 is 9.47 Å². The van der Waals surface area contributed by atoms with Crippen LogP contribution in [0.1, 0.15) is 6.92 Å². The Morgan fingerprint density at radius 1 is 1.27 bits per heavy atom. The zero-order chi connectivity index (χ0) is 8.85. The van der Waals surface area contributed by atoms with Crippen LogP contribution < -0.4 is 0 Å². The van der Waals surface area contributed by atoms with Gasteiger partial charge in [0, 0.05) is 6.92 Å². The van der Waals surface area contributed by atoms with Gasteiger partial charge >= 0.3 is 17.2 Å². The van der Waals surface area contributed by atoms with E-state index >= 15 is 0 Å². The molecule has 0 heterocycles. The number of rotatable bonds is 3. The summed E-state index contributed by atoms with van der Waals surface area (Å²) in [5, 5.41) is -1.25. The fourth-order valence-corrected chi connectivity index (χ4v) is 0.277. The lowest BCUT2D eigenvalue weighted by atomic mass is 10.8. The van der Waals surface area contributed by atoms with Crippen LogP contribution in [-0.4, -0.2) is 24.0 Å². The van der Waals surface area contributed by atoms with Crippen LogP contribution in [0.15, 0.2) is 0 Å². The van der Waals surface area contributed by atoms with Gasteiger partial charge in [0.25, 0.3) is 0 Å². The van der Waals surface area contributed by atoms with Gasteiger partial charge in [0.1, 0.15) is 0 Å². The predicted molar refractivity (Wildman–Crippen MR) is 33.6 cm³/mol. The molecule has 11 heavy (non-hydrogen) atoms.